The number of ether oxygens (including phenoxy) is 2. The minimum Gasteiger partial charge on any atom is -0.496 e. The van der Waals surface area contributed by atoms with Crippen LogP contribution in [-0.4, -0.2) is 38.9 Å². The Balaban J connectivity index is 1.60. The fourth-order valence-corrected chi connectivity index (χ4v) is 4.69. The van der Waals surface area contributed by atoms with Crippen molar-refractivity contribution in [2.24, 2.45) is 0 Å². The summed E-state index contributed by atoms with van der Waals surface area (Å²) in [4.78, 5) is 0.241. The number of hydrogen-bond acceptors (Lipinski definition) is 6. The molecule has 0 fully saturated rings. The lowest BCUT2D eigenvalue weighted by Gasteiger charge is -2.16. The van der Waals surface area contributed by atoms with Crippen LogP contribution in [0.15, 0.2) is 47.4 Å². The number of nitrogens with one attached hydrogen (secondary N) is 1. The Kier molecular flexibility index (Phi) is 6.92. The molecule has 1 aromatic heterocycles. The van der Waals surface area contributed by atoms with Gasteiger partial charge in [0.1, 0.15) is 12.4 Å². The fourth-order valence-electron chi connectivity index (χ4n) is 3.30. The van der Waals surface area contributed by atoms with Crippen LogP contribution in [0.3, 0.4) is 0 Å². The Morgan fingerprint density at radius 3 is 2.26 bits per heavy atom. The summed E-state index contributed by atoms with van der Waals surface area (Å²) in [5.41, 5.74) is 5.13. The van der Waals surface area contributed by atoms with Gasteiger partial charge in [-0.3, -0.25) is 0 Å². The van der Waals surface area contributed by atoms with Crippen molar-refractivity contribution in [1.29, 1.82) is 0 Å². The quantitative estimate of drug-likeness (QED) is 0.536. The van der Waals surface area contributed by atoms with E-state index < -0.39 is 10.0 Å². The Morgan fingerprint density at radius 2 is 1.65 bits per heavy atom. The van der Waals surface area contributed by atoms with Gasteiger partial charge in [-0.25, -0.2) is 13.1 Å². The highest BCUT2D eigenvalue weighted by molar-refractivity contribution is 7.89. The maximum absolute atomic E-state index is 12.8. The van der Waals surface area contributed by atoms with Gasteiger partial charge in [0.05, 0.1) is 17.7 Å². The summed E-state index contributed by atoms with van der Waals surface area (Å²) in [6.07, 6.45) is 0. The van der Waals surface area contributed by atoms with E-state index in [4.69, 9.17) is 9.47 Å². The monoisotopic (exact) mass is 441 g/mol. The first kappa shape index (κ1) is 22.7. The molecule has 0 aliphatic heterocycles. The lowest BCUT2D eigenvalue weighted by atomic mass is 10.1. The van der Waals surface area contributed by atoms with Crippen molar-refractivity contribution < 1.29 is 17.9 Å². The van der Waals surface area contributed by atoms with E-state index in [0.29, 0.717) is 17.2 Å². The number of hydrogen-bond donors (Lipinski definition) is 1. The second kappa shape index (κ2) is 9.45. The SMILES string of the molecule is COc1c(C)cc(S(=O)(=O)NCCOc2ccc(-c3ccc(C)cc3)nn2)c(C)c1C. The van der Waals surface area contributed by atoms with E-state index in [2.05, 4.69) is 14.9 Å². The van der Waals surface area contributed by atoms with Gasteiger partial charge >= 0.3 is 0 Å². The average molecular weight is 442 g/mol. The van der Waals surface area contributed by atoms with Crippen LogP contribution in [0.25, 0.3) is 11.3 Å². The maximum atomic E-state index is 12.8. The van der Waals surface area contributed by atoms with Gasteiger partial charge in [0.15, 0.2) is 0 Å². The van der Waals surface area contributed by atoms with Crippen LogP contribution in [0.2, 0.25) is 0 Å². The molecule has 0 spiro atoms. The minimum absolute atomic E-state index is 0.104. The molecule has 0 atom stereocenters. The van der Waals surface area contributed by atoms with Gasteiger partial charge in [0, 0.05) is 18.2 Å². The summed E-state index contributed by atoms with van der Waals surface area (Å²) < 4.78 is 39.0. The molecule has 0 amide bonds. The molecule has 1 heterocycles. The first-order chi connectivity index (χ1) is 14.7. The second-order valence-corrected chi connectivity index (χ2v) is 9.08. The molecular weight excluding hydrogens is 414 g/mol. The topological polar surface area (TPSA) is 90.4 Å². The third-order valence-corrected chi connectivity index (χ3v) is 6.69. The first-order valence-corrected chi connectivity index (χ1v) is 11.4. The molecule has 0 saturated heterocycles. The number of aryl methyl sites for hydroxylation is 2. The zero-order valence-electron chi connectivity index (χ0n) is 18.4. The third-order valence-electron chi connectivity index (χ3n) is 5.10. The van der Waals surface area contributed by atoms with Gasteiger partial charge in [-0.15, -0.1) is 10.2 Å². The predicted molar refractivity (Wildman–Crippen MR) is 120 cm³/mol. The third kappa shape index (κ3) is 5.21. The highest BCUT2D eigenvalue weighted by Gasteiger charge is 2.21. The molecular formula is C23H27N3O4S. The van der Waals surface area contributed by atoms with E-state index >= 15 is 0 Å². The van der Waals surface area contributed by atoms with Crippen molar-refractivity contribution in [3.05, 3.63) is 64.7 Å². The summed E-state index contributed by atoms with van der Waals surface area (Å²) in [6.45, 7) is 7.71. The highest BCUT2D eigenvalue weighted by atomic mass is 32.2. The van der Waals surface area contributed by atoms with Gasteiger partial charge < -0.3 is 9.47 Å². The molecule has 2 aromatic carbocycles. The lowest BCUT2D eigenvalue weighted by Crippen LogP contribution is -2.29. The van der Waals surface area contributed by atoms with Crippen LogP contribution in [0.1, 0.15) is 22.3 Å². The van der Waals surface area contributed by atoms with E-state index in [1.165, 1.54) is 5.56 Å². The van der Waals surface area contributed by atoms with Gasteiger partial charge in [0.25, 0.3) is 0 Å². The van der Waals surface area contributed by atoms with Crippen molar-refractivity contribution in [2.45, 2.75) is 32.6 Å². The molecule has 8 heteroatoms. The van der Waals surface area contributed by atoms with Crippen LogP contribution >= 0.6 is 0 Å². The zero-order chi connectivity index (χ0) is 22.6. The summed E-state index contributed by atoms with van der Waals surface area (Å²) in [5.74, 6) is 1.04. The van der Waals surface area contributed by atoms with Crippen LogP contribution in [0.5, 0.6) is 11.6 Å². The van der Waals surface area contributed by atoms with Crippen molar-refractivity contribution in [3.8, 4) is 22.9 Å². The van der Waals surface area contributed by atoms with Crippen LogP contribution in [0, 0.1) is 27.7 Å². The van der Waals surface area contributed by atoms with Crippen molar-refractivity contribution >= 4 is 10.0 Å². The van der Waals surface area contributed by atoms with Crippen LogP contribution in [-0.2, 0) is 10.0 Å². The Hall–Kier alpha value is -2.97. The molecule has 0 unspecified atom stereocenters. The second-order valence-electron chi connectivity index (χ2n) is 7.34. The highest BCUT2D eigenvalue weighted by Crippen LogP contribution is 2.30. The van der Waals surface area contributed by atoms with Gasteiger partial charge in [0.2, 0.25) is 15.9 Å². The number of sulfonamides is 1. The standard InChI is InChI=1S/C23H27N3O4S/c1-15-6-8-19(9-7-15)20-10-11-22(26-25-20)30-13-12-24-31(27,28)21-14-16(2)23(29-5)18(4)17(21)3/h6-11,14,24H,12-13H2,1-5H3. The normalized spacial score (nSPS) is 11.4. The predicted octanol–water partition coefficient (Wildman–Crippen LogP) is 3.74. The summed E-state index contributed by atoms with van der Waals surface area (Å²) in [7, 11) is -2.11. The molecule has 31 heavy (non-hydrogen) atoms. The number of methoxy groups -OCH3 is 1. The zero-order valence-corrected chi connectivity index (χ0v) is 19.2. The molecule has 0 saturated carbocycles. The number of nitrogens with zero attached hydrogens (tertiary/aromatic N) is 2. The Labute approximate surface area is 183 Å². The molecule has 164 valence electrons. The van der Waals surface area contributed by atoms with Crippen molar-refractivity contribution in [2.75, 3.05) is 20.3 Å². The minimum atomic E-state index is -3.68. The molecule has 0 radical (unpaired) electrons. The summed E-state index contributed by atoms with van der Waals surface area (Å²) in [5, 5.41) is 8.24. The van der Waals surface area contributed by atoms with E-state index in [1.807, 2.05) is 51.1 Å². The van der Waals surface area contributed by atoms with Gasteiger partial charge in [-0.05, 0) is 56.5 Å². The van der Waals surface area contributed by atoms with E-state index in [0.717, 1.165) is 22.4 Å². The summed E-state index contributed by atoms with van der Waals surface area (Å²) >= 11 is 0. The Morgan fingerprint density at radius 1 is 0.935 bits per heavy atom. The molecule has 1 N–H and O–H groups in total. The molecule has 0 bridgehead atoms. The smallest absolute Gasteiger partial charge is 0.240 e. The largest absolute Gasteiger partial charge is 0.496 e. The number of aromatic nitrogens is 2. The number of rotatable bonds is 8. The van der Waals surface area contributed by atoms with Crippen molar-refractivity contribution in [1.82, 2.24) is 14.9 Å². The first-order valence-electron chi connectivity index (χ1n) is 9.91. The maximum Gasteiger partial charge on any atom is 0.240 e. The Bertz CT molecular complexity index is 1160. The van der Waals surface area contributed by atoms with Crippen LogP contribution in [0.4, 0.5) is 0 Å². The molecule has 3 aromatic rings. The van der Waals surface area contributed by atoms with E-state index in [1.54, 1.807) is 26.2 Å². The van der Waals surface area contributed by atoms with E-state index in [-0.39, 0.29) is 18.0 Å². The molecule has 0 aliphatic carbocycles. The lowest BCUT2D eigenvalue weighted by molar-refractivity contribution is 0.307. The van der Waals surface area contributed by atoms with Crippen LogP contribution < -0.4 is 14.2 Å². The average Bonchev–Trinajstić information content (AvgIpc) is 2.75. The molecule has 3 rings (SSSR count). The molecule has 7 nitrogen and oxygen atoms in total. The van der Waals surface area contributed by atoms with Gasteiger partial charge in [-0.1, -0.05) is 29.8 Å². The van der Waals surface area contributed by atoms with Gasteiger partial charge in [-0.2, -0.15) is 0 Å². The fraction of sp³-hybridized carbons (Fsp3) is 0.304. The molecule has 0 aliphatic rings. The summed E-state index contributed by atoms with van der Waals surface area (Å²) in [6, 6.07) is 13.2. The van der Waals surface area contributed by atoms with Crippen molar-refractivity contribution in [3.63, 3.8) is 0 Å². The number of benzene rings is 2. The van der Waals surface area contributed by atoms with E-state index in [9.17, 15) is 8.42 Å².